The molecule has 0 unspecified atom stereocenters. The highest BCUT2D eigenvalue weighted by molar-refractivity contribution is 7.89. The highest BCUT2D eigenvalue weighted by Crippen LogP contribution is 2.26. The standard InChI is InChI=1S/C24H19N3O7S/c25-35(32,33)18-9-7-17(8-10-18)26-21(28)14-34-24(31)16-6-11-19-20(12-16)23(30)27(22(19)29)13-15-4-2-1-3-5-15/h1-12H,13-14H2,(H,26,28)(H2,25,32,33). The molecule has 1 aliphatic rings. The lowest BCUT2D eigenvalue weighted by Crippen LogP contribution is -2.29. The lowest BCUT2D eigenvalue weighted by atomic mass is 10.1. The number of carbonyl (C=O) groups is 4. The van der Waals surface area contributed by atoms with Crippen LogP contribution in [0.4, 0.5) is 5.69 Å². The van der Waals surface area contributed by atoms with Gasteiger partial charge in [0.15, 0.2) is 6.61 Å². The summed E-state index contributed by atoms with van der Waals surface area (Å²) in [6, 6.07) is 18.1. The molecule has 3 N–H and O–H groups in total. The van der Waals surface area contributed by atoms with Crippen LogP contribution in [0.2, 0.25) is 0 Å². The van der Waals surface area contributed by atoms with Crippen LogP contribution in [0.25, 0.3) is 0 Å². The van der Waals surface area contributed by atoms with E-state index in [0.29, 0.717) is 0 Å². The van der Waals surface area contributed by atoms with Gasteiger partial charge in [-0.3, -0.25) is 19.3 Å². The van der Waals surface area contributed by atoms with Crippen LogP contribution in [0.3, 0.4) is 0 Å². The smallest absolute Gasteiger partial charge is 0.338 e. The Morgan fingerprint density at radius 1 is 0.886 bits per heavy atom. The summed E-state index contributed by atoms with van der Waals surface area (Å²) in [5.74, 6) is -2.50. The van der Waals surface area contributed by atoms with Crippen molar-refractivity contribution >= 4 is 39.4 Å². The molecule has 0 atom stereocenters. The summed E-state index contributed by atoms with van der Waals surface area (Å²) in [5.41, 5.74) is 1.34. The summed E-state index contributed by atoms with van der Waals surface area (Å²) in [4.78, 5) is 50.9. The number of rotatable bonds is 7. The number of imide groups is 1. The minimum Gasteiger partial charge on any atom is -0.452 e. The molecule has 0 aliphatic carbocycles. The average Bonchev–Trinajstić information content (AvgIpc) is 3.07. The molecule has 0 radical (unpaired) electrons. The first-order chi connectivity index (χ1) is 16.6. The Labute approximate surface area is 200 Å². The monoisotopic (exact) mass is 493 g/mol. The maximum atomic E-state index is 12.8. The summed E-state index contributed by atoms with van der Waals surface area (Å²) in [7, 11) is -3.86. The van der Waals surface area contributed by atoms with E-state index in [-0.39, 0.29) is 33.8 Å². The minimum atomic E-state index is -3.86. The van der Waals surface area contributed by atoms with E-state index in [1.807, 2.05) is 6.07 Å². The van der Waals surface area contributed by atoms with Gasteiger partial charge in [-0.25, -0.2) is 18.4 Å². The molecule has 3 amide bonds. The second-order valence-electron chi connectivity index (χ2n) is 7.64. The predicted molar refractivity (Wildman–Crippen MR) is 124 cm³/mol. The van der Waals surface area contributed by atoms with Crippen molar-refractivity contribution in [2.24, 2.45) is 5.14 Å². The molecule has 10 nitrogen and oxygen atoms in total. The Bertz CT molecular complexity index is 1440. The first-order valence-electron chi connectivity index (χ1n) is 10.3. The Morgan fingerprint density at radius 3 is 2.20 bits per heavy atom. The van der Waals surface area contributed by atoms with Gasteiger partial charge in [0.05, 0.1) is 28.1 Å². The molecular formula is C24H19N3O7S. The second-order valence-corrected chi connectivity index (χ2v) is 9.20. The average molecular weight is 493 g/mol. The molecule has 0 saturated heterocycles. The van der Waals surface area contributed by atoms with E-state index in [1.165, 1.54) is 42.5 Å². The minimum absolute atomic E-state index is 0.0109. The Balaban J connectivity index is 1.38. The molecule has 3 aromatic carbocycles. The normalized spacial score (nSPS) is 12.9. The van der Waals surface area contributed by atoms with E-state index in [2.05, 4.69) is 5.32 Å². The van der Waals surface area contributed by atoms with Crippen molar-refractivity contribution in [3.63, 3.8) is 0 Å². The van der Waals surface area contributed by atoms with E-state index in [0.717, 1.165) is 10.5 Å². The molecule has 1 aliphatic heterocycles. The largest absolute Gasteiger partial charge is 0.452 e. The third kappa shape index (κ3) is 5.26. The number of fused-ring (bicyclic) bond motifs is 1. The number of hydrogen-bond donors (Lipinski definition) is 2. The molecule has 3 aromatic rings. The molecule has 4 rings (SSSR count). The summed E-state index contributed by atoms with van der Waals surface area (Å²) < 4.78 is 27.6. The highest BCUT2D eigenvalue weighted by Gasteiger charge is 2.36. The fraction of sp³-hybridized carbons (Fsp3) is 0.0833. The van der Waals surface area contributed by atoms with Crippen molar-refractivity contribution in [1.29, 1.82) is 0 Å². The van der Waals surface area contributed by atoms with Gasteiger partial charge in [0.2, 0.25) is 10.0 Å². The van der Waals surface area contributed by atoms with Gasteiger partial charge < -0.3 is 10.1 Å². The van der Waals surface area contributed by atoms with Crippen molar-refractivity contribution in [3.05, 3.63) is 95.1 Å². The molecule has 0 saturated carbocycles. The zero-order chi connectivity index (χ0) is 25.2. The number of hydrogen-bond acceptors (Lipinski definition) is 7. The molecule has 1 heterocycles. The number of amides is 3. The van der Waals surface area contributed by atoms with Crippen LogP contribution in [0.5, 0.6) is 0 Å². The van der Waals surface area contributed by atoms with E-state index in [1.54, 1.807) is 24.3 Å². The lowest BCUT2D eigenvalue weighted by Gasteiger charge is -2.13. The lowest BCUT2D eigenvalue weighted by molar-refractivity contribution is -0.119. The molecule has 0 aromatic heterocycles. The number of benzene rings is 3. The van der Waals surface area contributed by atoms with Gasteiger partial charge in [-0.15, -0.1) is 0 Å². The zero-order valence-electron chi connectivity index (χ0n) is 18.1. The number of esters is 1. The summed E-state index contributed by atoms with van der Waals surface area (Å²) >= 11 is 0. The van der Waals surface area contributed by atoms with Crippen molar-refractivity contribution in [2.45, 2.75) is 11.4 Å². The number of nitrogens with one attached hydrogen (secondary N) is 1. The van der Waals surface area contributed by atoms with Crippen LogP contribution in [0.1, 0.15) is 36.6 Å². The molecular weight excluding hydrogens is 474 g/mol. The van der Waals surface area contributed by atoms with Crippen molar-refractivity contribution in [1.82, 2.24) is 4.90 Å². The third-order valence-electron chi connectivity index (χ3n) is 5.19. The number of nitrogens with two attached hydrogens (primary N) is 1. The van der Waals surface area contributed by atoms with Crippen LogP contribution in [-0.4, -0.2) is 43.6 Å². The second kappa shape index (κ2) is 9.49. The topological polar surface area (TPSA) is 153 Å². The number of carbonyl (C=O) groups excluding carboxylic acids is 4. The molecule has 0 spiro atoms. The molecule has 35 heavy (non-hydrogen) atoms. The number of anilines is 1. The fourth-order valence-electron chi connectivity index (χ4n) is 3.47. The van der Waals surface area contributed by atoms with Crippen LogP contribution < -0.4 is 10.5 Å². The Morgan fingerprint density at radius 2 is 1.54 bits per heavy atom. The maximum absolute atomic E-state index is 12.8. The van der Waals surface area contributed by atoms with Crippen molar-refractivity contribution < 1.29 is 32.3 Å². The number of sulfonamides is 1. The zero-order valence-corrected chi connectivity index (χ0v) is 18.9. The highest BCUT2D eigenvalue weighted by atomic mass is 32.2. The molecule has 0 bridgehead atoms. The fourth-order valence-corrected chi connectivity index (χ4v) is 3.98. The summed E-state index contributed by atoms with van der Waals surface area (Å²) in [5, 5.41) is 7.48. The van der Waals surface area contributed by atoms with E-state index in [9.17, 15) is 27.6 Å². The number of ether oxygens (including phenoxy) is 1. The van der Waals surface area contributed by atoms with Gasteiger partial charge in [0.1, 0.15) is 0 Å². The van der Waals surface area contributed by atoms with Crippen molar-refractivity contribution in [3.8, 4) is 0 Å². The van der Waals surface area contributed by atoms with Gasteiger partial charge in [0, 0.05) is 5.69 Å². The molecule has 11 heteroatoms. The summed E-state index contributed by atoms with van der Waals surface area (Å²) in [6.45, 7) is -0.523. The van der Waals surface area contributed by atoms with Gasteiger partial charge in [-0.2, -0.15) is 0 Å². The molecule has 178 valence electrons. The number of primary sulfonamides is 1. The predicted octanol–water partition coefficient (Wildman–Crippen LogP) is 1.93. The van der Waals surface area contributed by atoms with E-state index in [4.69, 9.17) is 9.88 Å². The Kier molecular flexibility index (Phi) is 6.45. The number of nitrogens with zero attached hydrogens (tertiary/aromatic N) is 1. The first-order valence-corrected chi connectivity index (χ1v) is 11.8. The van der Waals surface area contributed by atoms with Crippen LogP contribution >= 0.6 is 0 Å². The SMILES string of the molecule is NS(=O)(=O)c1ccc(NC(=O)COC(=O)c2ccc3c(c2)C(=O)N(Cc2ccccc2)C3=O)cc1. The first kappa shape index (κ1) is 23.8. The molecule has 0 fully saturated rings. The third-order valence-corrected chi connectivity index (χ3v) is 6.12. The van der Waals surface area contributed by atoms with Gasteiger partial charge >= 0.3 is 5.97 Å². The van der Waals surface area contributed by atoms with Crippen LogP contribution in [-0.2, 0) is 26.1 Å². The summed E-state index contributed by atoms with van der Waals surface area (Å²) in [6.07, 6.45) is 0. The van der Waals surface area contributed by atoms with Crippen molar-refractivity contribution in [2.75, 3.05) is 11.9 Å². The van der Waals surface area contributed by atoms with Gasteiger partial charge in [-0.1, -0.05) is 30.3 Å². The quantitative estimate of drug-likeness (QED) is 0.377. The maximum Gasteiger partial charge on any atom is 0.338 e. The van der Waals surface area contributed by atoms with E-state index >= 15 is 0 Å². The van der Waals surface area contributed by atoms with Gasteiger partial charge in [0.25, 0.3) is 17.7 Å². The van der Waals surface area contributed by atoms with E-state index < -0.39 is 40.3 Å². The Hall–Kier alpha value is -4.35. The van der Waals surface area contributed by atoms with Crippen LogP contribution in [0.15, 0.2) is 77.7 Å². The van der Waals surface area contributed by atoms with Gasteiger partial charge in [-0.05, 0) is 48.0 Å². The van der Waals surface area contributed by atoms with Crippen LogP contribution in [0, 0.1) is 0 Å².